The molecule has 1 aromatic heterocycles. The van der Waals surface area contributed by atoms with E-state index >= 15 is 0 Å². The predicted octanol–water partition coefficient (Wildman–Crippen LogP) is 4.43. The number of carbonyl (C=O) groups is 3. The van der Waals surface area contributed by atoms with Gasteiger partial charge in [0.2, 0.25) is 0 Å². The lowest BCUT2D eigenvalue weighted by atomic mass is 9.68. The first-order valence-electron chi connectivity index (χ1n) is 14.5. The molecule has 0 unspecified atom stereocenters. The Balaban J connectivity index is 0.000000254. The fourth-order valence-corrected chi connectivity index (χ4v) is 6.94. The van der Waals surface area contributed by atoms with Gasteiger partial charge in [-0.15, -0.1) is 0 Å². The zero-order valence-electron chi connectivity index (χ0n) is 23.6. The molecule has 0 amide bonds. The third-order valence-electron chi connectivity index (χ3n) is 9.10. The van der Waals surface area contributed by atoms with Crippen molar-refractivity contribution in [1.82, 2.24) is 9.88 Å². The smallest absolute Gasteiger partial charge is 0.336 e. The second-order valence-electron chi connectivity index (χ2n) is 11.8. The number of carboxylic acid groups (broad SMARTS) is 3. The van der Waals surface area contributed by atoms with Crippen molar-refractivity contribution in [2.24, 2.45) is 0 Å². The maximum Gasteiger partial charge on any atom is 0.336 e. The van der Waals surface area contributed by atoms with Crippen molar-refractivity contribution < 1.29 is 43.9 Å². The van der Waals surface area contributed by atoms with Crippen molar-refractivity contribution in [2.75, 3.05) is 19.7 Å². The Hall–Kier alpha value is -3.02. The minimum atomic E-state index is -2.74. The number of aromatic amines is 1. The zero-order chi connectivity index (χ0) is 29.8. The van der Waals surface area contributed by atoms with Crippen LogP contribution in [0, 0.1) is 5.82 Å². The van der Waals surface area contributed by atoms with Crippen LogP contribution in [0.2, 0.25) is 0 Å². The number of ether oxygens (including phenoxy) is 1. The number of likely N-dealkylation sites (tertiary alicyclic amines) is 1. The number of aliphatic hydroxyl groups is 1. The van der Waals surface area contributed by atoms with Gasteiger partial charge in [0.1, 0.15) is 11.4 Å². The number of H-pyrrole nitrogens is 1. The fourth-order valence-electron chi connectivity index (χ4n) is 6.94. The molecule has 3 heterocycles. The highest BCUT2D eigenvalue weighted by Crippen LogP contribution is 2.51. The minimum Gasteiger partial charge on any atom is -0.481 e. The van der Waals surface area contributed by atoms with E-state index in [1.54, 1.807) is 12.1 Å². The Morgan fingerprint density at radius 2 is 1.68 bits per heavy atom. The Morgan fingerprint density at radius 3 is 2.24 bits per heavy atom. The van der Waals surface area contributed by atoms with E-state index in [4.69, 9.17) is 25.2 Å². The van der Waals surface area contributed by atoms with E-state index in [0.717, 1.165) is 36.8 Å². The third kappa shape index (κ3) is 6.57. The van der Waals surface area contributed by atoms with E-state index in [-0.39, 0.29) is 11.4 Å². The van der Waals surface area contributed by atoms with Crippen LogP contribution < -0.4 is 0 Å². The van der Waals surface area contributed by atoms with Crippen LogP contribution in [-0.4, -0.2) is 79.1 Å². The molecule has 2 aliphatic heterocycles. The molecule has 0 radical (unpaired) electrons. The molecule has 5 N–H and O–H groups in total. The van der Waals surface area contributed by atoms with Crippen LogP contribution >= 0.6 is 0 Å². The van der Waals surface area contributed by atoms with E-state index in [0.29, 0.717) is 5.54 Å². The SMILES string of the molecule is CCCCC1(N2CCCC2)CCC2(CC1)OCCc1c2[nH]c2ccc(F)cc12.O=C(O)CC(O)(CC(=O)O)C(=O)O. The van der Waals surface area contributed by atoms with Crippen LogP contribution in [0.25, 0.3) is 10.9 Å². The molecule has 1 spiro atoms. The summed E-state index contributed by atoms with van der Waals surface area (Å²) >= 11 is 0. The highest BCUT2D eigenvalue weighted by atomic mass is 19.1. The summed E-state index contributed by atoms with van der Waals surface area (Å²) in [5.74, 6) is -5.17. The second kappa shape index (κ2) is 12.5. The summed E-state index contributed by atoms with van der Waals surface area (Å²) in [6, 6.07) is 5.14. The average molecular weight is 577 g/mol. The molecule has 1 aromatic carbocycles. The van der Waals surface area contributed by atoms with Crippen molar-refractivity contribution in [2.45, 2.75) is 101 Å². The minimum absolute atomic E-state index is 0.147. The first kappa shape index (κ1) is 30.9. The summed E-state index contributed by atoms with van der Waals surface area (Å²) in [7, 11) is 0. The number of nitrogens with zero attached hydrogens (tertiary/aromatic N) is 1. The molecule has 5 rings (SSSR count). The second-order valence-corrected chi connectivity index (χ2v) is 11.8. The zero-order valence-corrected chi connectivity index (χ0v) is 23.6. The summed E-state index contributed by atoms with van der Waals surface area (Å²) in [6.45, 7) is 5.60. The first-order valence-corrected chi connectivity index (χ1v) is 14.5. The number of hydrogen-bond acceptors (Lipinski definition) is 6. The number of hydrogen-bond donors (Lipinski definition) is 5. The lowest BCUT2D eigenvalue weighted by Crippen LogP contribution is -2.53. The van der Waals surface area contributed by atoms with Crippen molar-refractivity contribution >= 4 is 28.8 Å². The predicted molar refractivity (Wildman–Crippen MR) is 148 cm³/mol. The Morgan fingerprint density at radius 1 is 1.05 bits per heavy atom. The lowest BCUT2D eigenvalue weighted by molar-refractivity contribution is -0.170. The number of unbranched alkanes of at least 4 members (excludes halogenated alkanes) is 1. The van der Waals surface area contributed by atoms with Crippen molar-refractivity contribution in [3.63, 3.8) is 0 Å². The standard InChI is InChI=1S/C24H33FN2O.C6H8O7/c1-2-3-9-23(27-14-4-5-15-27)10-12-24(13-11-23)22-19(8-16-28-24)20-17-18(25)6-7-21(20)26-22;7-3(8)1-6(13,5(11)12)2-4(9)10/h6-7,17,26H,2-5,8-16H2,1H3;13H,1-2H2,(H,7,8)(H,9,10)(H,11,12). The molecule has 2 aromatic rings. The Kier molecular flexibility index (Phi) is 9.40. The Bertz CT molecular complexity index is 1240. The normalized spacial score (nSPS) is 24.6. The van der Waals surface area contributed by atoms with E-state index in [1.807, 2.05) is 6.07 Å². The number of rotatable bonds is 9. The number of carboxylic acids is 3. The van der Waals surface area contributed by atoms with Gasteiger partial charge in [0.25, 0.3) is 0 Å². The molecule has 3 aliphatic rings. The maximum atomic E-state index is 13.9. The van der Waals surface area contributed by atoms with E-state index < -0.39 is 36.4 Å². The average Bonchev–Trinajstić information content (AvgIpc) is 3.58. The Labute approximate surface area is 238 Å². The van der Waals surface area contributed by atoms with Gasteiger partial charge in [-0.05, 0) is 88.2 Å². The monoisotopic (exact) mass is 576 g/mol. The molecule has 1 saturated carbocycles. The van der Waals surface area contributed by atoms with Gasteiger partial charge < -0.3 is 30.1 Å². The van der Waals surface area contributed by atoms with Gasteiger partial charge in [-0.1, -0.05) is 19.8 Å². The molecule has 11 heteroatoms. The molecule has 0 atom stereocenters. The number of benzene rings is 1. The van der Waals surface area contributed by atoms with E-state index in [2.05, 4.69) is 16.8 Å². The number of fused-ring (bicyclic) bond motifs is 4. The molecule has 10 nitrogen and oxygen atoms in total. The van der Waals surface area contributed by atoms with Gasteiger partial charge in [-0.25, -0.2) is 9.18 Å². The maximum absolute atomic E-state index is 13.9. The van der Waals surface area contributed by atoms with Gasteiger partial charge in [0.05, 0.1) is 25.1 Å². The van der Waals surface area contributed by atoms with Gasteiger partial charge in [-0.3, -0.25) is 14.5 Å². The van der Waals surface area contributed by atoms with E-state index in [1.165, 1.54) is 69.3 Å². The summed E-state index contributed by atoms with van der Waals surface area (Å²) in [5.41, 5.74) is 1.03. The molecular formula is C30H41FN2O8. The van der Waals surface area contributed by atoms with Gasteiger partial charge in [0.15, 0.2) is 5.60 Å². The quantitative estimate of drug-likeness (QED) is 0.291. The summed E-state index contributed by atoms with van der Waals surface area (Å²) in [5, 5.41) is 34.9. The highest BCUT2D eigenvalue weighted by Gasteiger charge is 2.49. The molecule has 1 aliphatic carbocycles. The lowest BCUT2D eigenvalue weighted by Gasteiger charge is -2.51. The van der Waals surface area contributed by atoms with Crippen LogP contribution in [0.4, 0.5) is 4.39 Å². The molecule has 41 heavy (non-hydrogen) atoms. The summed E-state index contributed by atoms with van der Waals surface area (Å²) in [6.07, 6.45) is 9.81. The number of aliphatic carboxylic acids is 3. The molecule has 0 bridgehead atoms. The van der Waals surface area contributed by atoms with Crippen molar-refractivity contribution in [3.8, 4) is 0 Å². The van der Waals surface area contributed by atoms with Crippen molar-refractivity contribution in [3.05, 3.63) is 35.3 Å². The fraction of sp³-hybridized carbons (Fsp3) is 0.633. The largest absolute Gasteiger partial charge is 0.481 e. The molecule has 2 fully saturated rings. The van der Waals surface area contributed by atoms with Gasteiger partial charge >= 0.3 is 17.9 Å². The van der Waals surface area contributed by atoms with Crippen LogP contribution in [0.3, 0.4) is 0 Å². The summed E-state index contributed by atoms with van der Waals surface area (Å²) in [4.78, 5) is 36.9. The molecule has 226 valence electrons. The van der Waals surface area contributed by atoms with Crippen LogP contribution in [0.1, 0.15) is 88.8 Å². The van der Waals surface area contributed by atoms with E-state index in [9.17, 15) is 18.8 Å². The van der Waals surface area contributed by atoms with Crippen LogP contribution in [0.15, 0.2) is 18.2 Å². The molecular weight excluding hydrogens is 535 g/mol. The molecule has 1 saturated heterocycles. The van der Waals surface area contributed by atoms with Crippen LogP contribution in [0.5, 0.6) is 0 Å². The number of halogens is 1. The number of nitrogens with one attached hydrogen (secondary N) is 1. The number of aromatic nitrogens is 1. The van der Waals surface area contributed by atoms with Gasteiger partial charge in [0, 0.05) is 16.4 Å². The van der Waals surface area contributed by atoms with Crippen LogP contribution in [-0.2, 0) is 31.1 Å². The highest BCUT2D eigenvalue weighted by molar-refractivity contribution is 5.88. The first-order chi connectivity index (χ1) is 19.4. The summed E-state index contributed by atoms with van der Waals surface area (Å²) < 4.78 is 20.4. The van der Waals surface area contributed by atoms with Crippen molar-refractivity contribution in [1.29, 1.82) is 0 Å². The topological polar surface area (TPSA) is 160 Å². The third-order valence-corrected chi connectivity index (χ3v) is 9.10. The van der Waals surface area contributed by atoms with Gasteiger partial charge in [-0.2, -0.15) is 0 Å².